The molecule has 0 aliphatic carbocycles. The molecule has 0 radical (unpaired) electrons. The van der Waals surface area contributed by atoms with Gasteiger partial charge in [-0.2, -0.15) is 0 Å². The molecule has 0 spiro atoms. The van der Waals surface area contributed by atoms with Crippen molar-refractivity contribution in [1.29, 1.82) is 0 Å². The summed E-state index contributed by atoms with van der Waals surface area (Å²) < 4.78 is 0. The predicted octanol–water partition coefficient (Wildman–Crippen LogP) is 4.05. The molecule has 2 aromatic carbocycles. The average molecular weight is 384 g/mol. The lowest BCUT2D eigenvalue weighted by Crippen LogP contribution is -2.23. The van der Waals surface area contributed by atoms with E-state index in [9.17, 15) is 9.59 Å². The molecule has 6 heteroatoms. The number of carbonyl (C=O) groups is 2. The van der Waals surface area contributed by atoms with Gasteiger partial charge in [-0.1, -0.05) is 30.3 Å². The van der Waals surface area contributed by atoms with Crippen molar-refractivity contribution in [3.63, 3.8) is 0 Å². The Labute approximate surface area is 168 Å². The Morgan fingerprint density at radius 3 is 2.62 bits per heavy atom. The zero-order valence-corrected chi connectivity index (χ0v) is 15.9. The highest BCUT2D eigenvalue weighted by Crippen LogP contribution is 2.23. The summed E-state index contributed by atoms with van der Waals surface area (Å²) >= 11 is 0. The number of aromatic nitrogens is 2. The fourth-order valence-corrected chi connectivity index (χ4v) is 3.28. The topological polar surface area (TPSA) is 86.9 Å². The Morgan fingerprint density at radius 2 is 1.79 bits per heavy atom. The zero-order valence-electron chi connectivity index (χ0n) is 15.9. The van der Waals surface area contributed by atoms with Gasteiger partial charge in [0.05, 0.1) is 17.8 Å². The Hall–Kier alpha value is -3.93. The van der Waals surface area contributed by atoms with Gasteiger partial charge in [-0.15, -0.1) is 0 Å². The largest absolute Gasteiger partial charge is 0.358 e. The van der Waals surface area contributed by atoms with E-state index in [2.05, 4.69) is 20.6 Å². The van der Waals surface area contributed by atoms with E-state index in [4.69, 9.17) is 0 Å². The lowest BCUT2D eigenvalue weighted by Gasteiger charge is -2.09. The molecule has 0 atom stereocenters. The minimum Gasteiger partial charge on any atom is -0.358 e. The highest BCUT2D eigenvalue weighted by atomic mass is 16.2. The van der Waals surface area contributed by atoms with Crippen LogP contribution in [0.25, 0.3) is 10.9 Å². The van der Waals surface area contributed by atoms with Crippen LogP contribution in [0.15, 0.2) is 72.9 Å². The van der Waals surface area contributed by atoms with Crippen molar-refractivity contribution >= 4 is 28.4 Å². The number of rotatable bonds is 5. The summed E-state index contributed by atoms with van der Waals surface area (Å²) in [6, 6.07) is 20.1. The van der Waals surface area contributed by atoms with Gasteiger partial charge in [0.25, 0.3) is 11.8 Å². The molecule has 0 aliphatic heterocycles. The fraction of sp³-hybridized carbons (Fsp3) is 0.0870. The molecule has 4 rings (SSSR count). The second-order valence-corrected chi connectivity index (χ2v) is 6.71. The number of aryl methyl sites for hydroxylation is 1. The molecule has 0 bridgehead atoms. The van der Waals surface area contributed by atoms with Gasteiger partial charge in [-0.05, 0) is 43.3 Å². The number of aromatic amines is 1. The second kappa shape index (κ2) is 7.98. The van der Waals surface area contributed by atoms with Gasteiger partial charge in [0, 0.05) is 34.0 Å². The van der Waals surface area contributed by atoms with E-state index < -0.39 is 0 Å². The Morgan fingerprint density at radius 1 is 0.966 bits per heavy atom. The van der Waals surface area contributed by atoms with Crippen molar-refractivity contribution in [3.8, 4) is 0 Å². The molecule has 2 aromatic heterocycles. The number of H-pyrrole nitrogens is 1. The van der Waals surface area contributed by atoms with Gasteiger partial charge in [0.2, 0.25) is 0 Å². The summed E-state index contributed by atoms with van der Waals surface area (Å²) in [5, 5.41) is 6.60. The highest BCUT2D eigenvalue weighted by molar-refractivity contribution is 6.14. The number of fused-ring (bicyclic) bond motifs is 1. The third kappa shape index (κ3) is 4.01. The first kappa shape index (κ1) is 18.4. The summed E-state index contributed by atoms with van der Waals surface area (Å²) in [5.41, 5.74) is 4.12. The zero-order chi connectivity index (χ0) is 20.2. The van der Waals surface area contributed by atoms with Crippen LogP contribution in [0.3, 0.4) is 0 Å². The number of hydrogen-bond acceptors (Lipinski definition) is 3. The van der Waals surface area contributed by atoms with Gasteiger partial charge in [-0.25, -0.2) is 0 Å². The lowest BCUT2D eigenvalue weighted by atomic mass is 10.1. The minimum atomic E-state index is -0.227. The monoisotopic (exact) mass is 384 g/mol. The van der Waals surface area contributed by atoms with Gasteiger partial charge < -0.3 is 15.6 Å². The van der Waals surface area contributed by atoms with Crippen LogP contribution < -0.4 is 10.6 Å². The van der Waals surface area contributed by atoms with E-state index in [0.29, 0.717) is 23.4 Å². The van der Waals surface area contributed by atoms with E-state index in [0.717, 1.165) is 22.3 Å². The summed E-state index contributed by atoms with van der Waals surface area (Å²) in [6.45, 7) is 2.21. The minimum absolute atomic E-state index is 0.217. The van der Waals surface area contributed by atoms with Crippen molar-refractivity contribution in [2.24, 2.45) is 0 Å². The summed E-state index contributed by atoms with van der Waals surface area (Å²) in [6.07, 6.45) is 1.68. The first-order valence-corrected chi connectivity index (χ1v) is 9.28. The number of amides is 2. The lowest BCUT2D eigenvalue weighted by molar-refractivity contribution is 0.0949. The van der Waals surface area contributed by atoms with Crippen molar-refractivity contribution in [2.45, 2.75) is 13.5 Å². The molecule has 6 nitrogen and oxygen atoms in total. The highest BCUT2D eigenvalue weighted by Gasteiger charge is 2.16. The van der Waals surface area contributed by atoms with E-state index in [1.807, 2.05) is 49.4 Å². The second-order valence-electron chi connectivity index (χ2n) is 6.71. The number of hydrogen-bond donors (Lipinski definition) is 3. The van der Waals surface area contributed by atoms with Crippen molar-refractivity contribution in [2.75, 3.05) is 5.32 Å². The fourth-order valence-electron chi connectivity index (χ4n) is 3.28. The number of para-hydroxylation sites is 1. The quantitative estimate of drug-likeness (QED) is 0.485. The van der Waals surface area contributed by atoms with Crippen LogP contribution in [-0.2, 0) is 6.54 Å². The van der Waals surface area contributed by atoms with Crippen LogP contribution in [0.4, 0.5) is 5.69 Å². The van der Waals surface area contributed by atoms with Crippen molar-refractivity contribution in [3.05, 3.63) is 95.4 Å². The maximum absolute atomic E-state index is 12.9. The van der Waals surface area contributed by atoms with Gasteiger partial charge in [0.1, 0.15) is 0 Å². The van der Waals surface area contributed by atoms with Crippen LogP contribution in [0.1, 0.15) is 32.1 Å². The third-order valence-electron chi connectivity index (χ3n) is 4.66. The maximum atomic E-state index is 12.9. The maximum Gasteiger partial charge on any atom is 0.258 e. The first-order valence-electron chi connectivity index (χ1n) is 9.28. The third-order valence-corrected chi connectivity index (χ3v) is 4.66. The van der Waals surface area contributed by atoms with Crippen LogP contribution in [0.2, 0.25) is 0 Å². The molecular weight excluding hydrogens is 364 g/mol. The summed E-state index contributed by atoms with van der Waals surface area (Å²) in [5.74, 6) is -0.443. The Balaban J connectivity index is 1.49. The van der Waals surface area contributed by atoms with E-state index >= 15 is 0 Å². The normalized spacial score (nSPS) is 10.7. The van der Waals surface area contributed by atoms with E-state index in [1.165, 1.54) is 0 Å². The molecule has 0 unspecified atom stereocenters. The molecule has 0 aliphatic rings. The number of anilines is 1. The molecular formula is C23H20N4O2. The first-order chi connectivity index (χ1) is 14.1. The Kier molecular flexibility index (Phi) is 5.07. The standard InChI is InChI=1S/C23H20N4O2/c1-15-21(19-10-2-3-11-20(19)26-15)23(29)27-17-9-6-7-16(13-17)22(28)25-14-18-8-4-5-12-24-18/h2-13,26H,14H2,1H3,(H,25,28)(H,27,29). The van der Waals surface area contributed by atoms with Gasteiger partial charge in [0.15, 0.2) is 0 Å². The van der Waals surface area contributed by atoms with Crippen molar-refractivity contribution in [1.82, 2.24) is 15.3 Å². The van der Waals surface area contributed by atoms with E-state index in [-0.39, 0.29) is 11.8 Å². The van der Waals surface area contributed by atoms with E-state index in [1.54, 1.807) is 30.5 Å². The molecule has 4 aromatic rings. The molecule has 2 heterocycles. The summed E-state index contributed by atoms with van der Waals surface area (Å²) in [7, 11) is 0. The number of nitrogens with one attached hydrogen (secondary N) is 3. The molecule has 2 amide bonds. The average Bonchev–Trinajstić information content (AvgIpc) is 3.08. The molecule has 0 saturated heterocycles. The van der Waals surface area contributed by atoms with Crippen LogP contribution in [-0.4, -0.2) is 21.8 Å². The number of benzene rings is 2. The summed E-state index contributed by atoms with van der Waals surface area (Å²) in [4.78, 5) is 32.7. The van der Waals surface area contributed by atoms with Crippen molar-refractivity contribution < 1.29 is 9.59 Å². The number of pyridine rings is 1. The number of nitrogens with zero attached hydrogens (tertiary/aromatic N) is 1. The molecule has 0 saturated carbocycles. The smallest absolute Gasteiger partial charge is 0.258 e. The SMILES string of the molecule is Cc1[nH]c2ccccc2c1C(=O)Nc1cccc(C(=O)NCc2ccccn2)c1. The molecule has 3 N–H and O–H groups in total. The van der Waals surface area contributed by atoms with Gasteiger partial charge >= 0.3 is 0 Å². The van der Waals surface area contributed by atoms with Crippen LogP contribution in [0, 0.1) is 6.92 Å². The molecule has 29 heavy (non-hydrogen) atoms. The van der Waals surface area contributed by atoms with Crippen LogP contribution in [0.5, 0.6) is 0 Å². The van der Waals surface area contributed by atoms with Gasteiger partial charge in [-0.3, -0.25) is 14.6 Å². The predicted molar refractivity (Wildman–Crippen MR) is 113 cm³/mol. The number of carbonyl (C=O) groups excluding carboxylic acids is 2. The molecule has 144 valence electrons. The van der Waals surface area contributed by atoms with Crippen LogP contribution >= 0.6 is 0 Å². The Bertz CT molecular complexity index is 1180. The molecule has 0 fully saturated rings.